The summed E-state index contributed by atoms with van der Waals surface area (Å²) in [5.41, 5.74) is 1.03. The van der Waals surface area contributed by atoms with Crippen LogP contribution in [0.2, 0.25) is 0 Å². The first-order valence-electron chi connectivity index (χ1n) is 6.22. The Bertz CT molecular complexity index is 497. The van der Waals surface area contributed by atoms with Crippen molar-refractivity contribution in [3.63, 3.8) is 0 Å². The second kappa shape index (κ2) is 5.89. The van der Waals surface area contributed by atoms with Gasteiger partial charge in [0.25, 0.3) is 0 Å². The highest BCUT2D eigenvalue weighted by molar-refractivity contribution is 8.00. The molecule has 2 aromatic heterocycles. The molecule has 98 valence electrons. The van der Waals surface area contributed by atoms with Crippen molar-refractivity contribution in [3.8, 4) is 0 Å². The van der Waals surface area contributed by atoms with Crippen molar-refractivity contribution >= 4 is 39.1 Å². The molecule has 2 aromatic rings. The zero-order valence-electron chi connectivity index (χ0n) is 11.1. The van der Waals surface area contributed by atoms with Gasteiger partial charge in [-0.2, -0.15) is 11.8 Å². The van der Waals surface area contributed by atoms with E-state index in [0.717, 1.165) is 35.4 Å². The normalized spacial score (nSPS) is 11.9. The molecule has 5 heteroatoms. The van der Waals surface area contributed by atoms with E-state index in [2.05, 4.69) is 40.8 Å². The Morgan fingerprint density at radius 3 is 2.78 bits per heavy atom. The molecule has 0 fully saturated rings. The van der Waals surface area contributed by atoms with Crippen LogP contribution < -0.4 is 5.32 Å². The Morgan fingerprint density at radius 2 is 2.11 bits per heavy atom. The predicted octanol–water partition coefficient (Wildman–Crippen LogP) is 4.03. The average molecular weight is 281 g/mol. The molecule has 0 bridgehead atoms. The maximum atomic E-state index is 4.36. The molecule has 0 unspecified atom stereocenters. The molecule has 0 saturated carbocycles. The molecule has 1 N–H and O–H groups in total. The van der Waals surface area contributed by atoms with Crippen LogP contribution in [0, 0.1) is 0 Å². The molecule has 0 spiro atoms. The van der Waals surface area contributed by atoms with Crippen molar-refractivity contribution in [1.29, 1.82) is 0 Å². The quantitative estimate of drug-likeness (QED) is 0.867. The number of nitrogens with zero attached hydrogens (tertiary/aromatic N) is 2. The first-order valence-corrected chi connectivity index (χ1v) is 8.32. The smallest absolute Gasteiger partial charge is 0.147 e. The lowest BCUT2D eigenvalue weighted by atomic mass is 10.0. The van der Waals surface area contributed by atoms with Crippen molar-refractivity contribution < 1.29 is 0 Å². The van der Waals surface area contributed by atoms with Gasteiger partial charge in [-0.15, -0.1) is 11.3 Å². The first kappa shape index (κ1) is 13.6. The van der Waals surface area contributed by atoms with E-state index in [4.69, 9.17) is 0 Å². The number of rotatable bonds is 6. The number of hydrogen-bond acceptors (Lipinski definition) is 5. The summed E-state index contributed by atoms with van der Waals surface area (Å²) in [5.74, 6) is 0.968. The highest BCUT2D eigenvalue weighted by atomic mass is 32.2. The van der Waals surface area contributed by atoms with Crippen LogP contribution in [0.4, 0.5) is 5.82 Å². The summed E-state index contributed by atoms with van der Waals surface area (Å²) >= 11 is 3.63. The van der Waals surface area contributed by atoms with Crippen LogP contribution in [0.15, 0.2) is 17.8 Å². The minimum Gasteiger partial charge on any atom is -0.367 e. The van der Waals surface area contributed by atoms with Crippen molar-refractivity contribution in [3.05, 3.63) is 17.8 Å². The average Bonchev–Trinajstić information content (AvgIpc) is 2.90. The molecule has 0 radical (unpaired) electrons. The molecule has 2 rings (SSSR count). The van der Waals surface area contributed by atoms with E-state index in [-0.39, 0.29) is 0 Å². The number of thioether (sulfide) groups is 1. The Hall–Kier alpha value is -0.810. The number of hydrogen-bond donors (Lipinski definition) is 1. The van der Waals surface area contributed by atoms with E-state index in [1.807, 2.05) is 17.8 Å². The zero-order chi connectivity index (χ0) is 13.0. The number of anilines is 1. The van der Waals surface area contributed by atoms with Gasteiger partial charge >= 0.3 is 0 Å². The van der Waals surface area contributed by atoms with Crippen molar-refractivity contribution in [2.24, 2.45) is 0 Å². The SMILES string of the molecule is CCC(CC)(CNc1ncnc2ccsc12)SC. The largest absolute Gasteiger partial charge is 0.367 e. The van der Waals surface area contributed by atoms with E-state index in [1.54, 1.807) is 17.7 Å². The number of thiophene rings is 1. The minimum absolute atomic E-state index is 0.300. The molecule has 3 nitrogen and oxygen atoms in total. The van der Waals surface area contributed by atoms with Crippen LogP contribution in [-0.2, 0) is 0 Å². The summed E-state index contributed by atoms with van der Waals surface area (Å²) in [5, 5.41) is 5.57. The Balaban J connectivity index is 2.17. The van der Waals surface area contributed by atoms with Gasteiger partial charge in [-0.1, -0.05) is 13.8 Å². The number of aromatic nitrogens is 2. The minimum atomic E-state index is 0.300. The Labute approximate surface area is 116 Å². The van der Waals surface area contributed by atoms with Gasteiger partial charge in [0.05, 0.1) is 10.2 Å². The van der Waals surface area contributed by atoms with Gasteiger partial charge in [0.1, 0.15) is 12.1 Å². The number of fused-ring (bicyclic) bond motifs is 1. The molecule has 0 aliphatic carbocycles. The lowest BCUT2D eigenvalue weighted by molar-refractivity contribution is 0.574. The van der Waals surface area contributed by atoms with E-state index in [9.17, 15) is 0 Å². The Morgan fingerprint density at radius 1 is 1.33 bits per heavy atom. The summed E-state index contributed by atoms with van der Waals surface area (Å²) in [6, 6.07) is 2.04. The van der Waals surface area contributed by atoms with Crippen LogP contribution in [-0.4, -0.2) is 27.5 Å². The third-order valence-corrected chi connectivity index (χ3v) is 6.04. The predicted molar refractivity (Wildman–Crippen MR) is 82.7 cm³/mol. The van der Waals surface area contributed by atoms with Gasteiger partial charge in [0.15, 0.2) is 0 Å². The molecule has 2 heterocycles. The lowest BCUT2D eigenvalue weighted by Crippen LogP contribution is -2.32. The van der Waals surface area contributed by atoms with Gasteiger partial charge in [0.2, 0.25) is 0 Å². The summed E-state index contributed by atoms with van der Waals surface area (Å²) in [7, 11) is 0. The van der Waals surface area contributed by atoms with Crippen LogP contribution >= 0.6 is 23.1 Å². The summed E-state index contributed by atoms with van der Waals surface area (Å²) in [6.45, 7) is 5.45. The van der Waals surface area contributed by atoms with Crippen LogP contribution in [0.3, 0.4) is 0 Å². The van der Waals surface area contributed by atoms with E-state index in [0.29, 0.717) is 4.75 Å². The second-order valence-corrected chi connectivity index (χ2v) is 6.50. The van der Waals surface area contributed by atoms with Crippen LogP contribution in [0.25, 0.3) is 10.2 Å². The molecular weight excluding hydrogens is 262 g/mol. The number of nitrogens with one attached hydrogen (secondary N) is 1. The fourth-order valence-corrected chi connectivity index (χ4v) is 3.63. The van der Waals surface area contributed by atoms with Gasteiger partial charge in [-0.25, -0.2) is 9.97 Å². The summed E-state index contributed by atoms with van der Waals surface area (Å²) in [6.07, 6.45) is 6.15. The van der Waals surface area contributed by atoms with Gasteiger partial charge in [-0.05, 0) is 30.5 Å². The topological polar surface area (TPSA) is 37.8 Å². The molecule has 0 aliphatic heterocycles. The zero-order valence-corrected chi connectivity index (χ0v) is 12.7. The molecule has 0 atom stereocenters. The van der Waals surface area contributed by atoms with Crippen molar-refractivity contribution in [2.45, 2.75) is 31.4 Å². The molecule has 0 aliphatic rings. The third-order valence-electron chi connectivity index (χ3n) is 3.54. The fourth-order valence-electron chi connectivity index (χ4n) is 2.02. The molecule has 0 saturated heterocycles. The van der Waals surface area contributed by atoms with E-state index < -0.39 is 0 Å². The first-order chi connectivity index (χ1) is 8.74. The Kier molecular flexibility index (Phi) is 4.45. The monoisotopic (exact) mass is 281 g/mol. The van der Waals surface area contributed by atoms with E-state index >= 15 is 0 Å². The maximum absolute atomic E-state index is 4.36. The van der Waals surface area contributed by atoms with Crippen molar-refractivity contribution in [2.75, 3.05) is 18.1 Å². The van der Waals surface area contributed by atoms with Crippen LogP contribution in [0.1, 0.15) is 26.7 Å². The second-order valence-electron chi connectivity index (χ2n) is 4.31. The highest BCUT2D eigenvalue weighted by Crippen LogP contribution is 2.32. The van der Waals surface area contributed by atoms with E-state index in [1.165, 1.54) is 0 Å². The fraction of sp³-hybridized carbons (Fsp3) is 0.538. The molecule has 0 amide bonds. The third kappa shape index (κ3) is 2.62. The van der Waals surface area contributed by atoms with Crippen LogP contribution in [0.5, 0.6) is 0 Å². The molecule has 18 heavy (non-hydrogen) atoms. The highest BCUT2D eigenvalue weighted by Gasteiger charge is 2.24. The summed E-state index contributed by atoms with van der Waals surface area (Å²) in [4.78, 5) is 8.62. The molecular formula is C13H19N3S2. The molecule has 0 aromatic carbocycles. The maximum Gasteiger partial charge on any atom is 0.147 e. The standard InChI is InChI=1S/C13H19N3S2/c1-4-13(5-2,17-3)8-14-12-11-10(6-7-18-11)15-9-16-12/h6-7,9H,4-5,8H2,1-3H3,(H,14,15,16). The van der Waals surface area contributed by atoms with Gasteiger partial charge < -0.3 is 5.32 Å². The van der Waals surface area contributed by atoms with Gasteiger partial charge in [-0.3, -0.25) is 0 Å². The van der Waals surface area contributed by atoms with Crippen molar-refractivity contribution in [1.82, 2.24) is 9.97 Å². The summed E-state index contributed by atoms with van der Waals surface area (Å²) < 4.78 is 1.45. The lowest BCUT2D eigenvalue weighted by Gasteiger charge is -2.30. The van der Waals surface area contributed by atoms with Gasteiger partial charge in [0, 0.05) is 11.3 Å².